The van der Waals surface area contributed by atoms with Gasteiger partial charge in [-0.1, -0.05) is 17.7 Å². The summed E-state index contributed by atoms with van der Waals surface area (Å²) in [6, 6.07) is 4.72. The molecule has 0 bridgehead atoms. The van der Waals surface area contributed by atoms with Gasteiger partial charge in [-0.3, -0.25) is 4.79 Å². The zero-order valence-corrected chi connectivity index (χ0v) is 18.5. The molecule has 2 aliphatic rings. The summed E-state index contributed by atoms with van der Waals surface area (Å²) in [5.74, 6) is -0.537. The van der Waals surface area contributed by atoms with Gasteiger partial charge in [0.25, 0.3) is 0 Å². The lowest BCUT2D eigenvalue weighted by Crippen LogP contribution is -2.44. The molecule has 2 aromatic rings. The highest BCUT2D eigenvalue weighted by atomic mass is 35.5. The number of benzene rings is 1. The minimum absolute atomic E-state index is 0.0525. The first-order chi connectivity index (χ1) is 15.0. The number of halogens is 2. The van der Waals surface area contributed by atoms with Crippen LogP contribution >= 0.6 is 11.6 Å². The second-order valence-electron chi connectivity index (χ2n) is 8.45. The molecule has 1 aromatic heterocycles. The van der Waals surface area contributed by atoms with Gasteiger partial charge in [0, 0.05) is 30.5 Å². The van der Waals surface area contributed by atoms with Crippen molar-refractivity contribution < 1.29 is 18.7 Å². The fourth-order valence-corrected chi connectivity index (χ4v) is 4.43. The first-order valence-corrected chi connectivity index (χ1v) is 11.4. The lowest BCUT2D eigenvalue weighted by Gasteiger charge is -2.43. The SMILES string of the molecule is CCOC1CC(OCC(=O)NCCC2(n3cnc(-c4ccc(Cl)c(F)c4)c3)CCC2)C1. The summed E-state index contributed by atoms with van der Waals surface area (Å²) in [4.78, 5) is 16.6. The van der Waals surface area contributed by atoms with Gasteiger partial charge in [0.2, 0.25) is 5.91 Å². The molecule has 0 aliphatic heterocycles. The second-order valence-corrected chi connectivity index (χ2v) is 8.86. The average Bonchev–Trinajstić information content (AvgIpc) is 3.18. The predicted molar refractivity (Wildman–Crippen MR) is 116 cm³/mol. The maximum atomic E-state index is 13.8. The Morgan fingerprint density at radius 3 is 2.77 bits per heavy atom. The van der Waals surface area contributed by atoms with Crippen molar-refractivity contribution in [2.24, 2.45) is 0 Å². The van der Waals surface area contributed by atoms with Crippen molar-refractivity contribution in [3.05, 3.63) is 41.6 Å². The van der Waals surface area contributed by atoms with E-state index in [9.17, 15) is 9.18 Å². The summed E-state index contributed by atoms with van der Waals surface area (Å²) in [6.45, 7) is 3.37. The zero-order chi connectivity index (χ0) is 21.8. The van der Waals surface area contributed by atoms with Gasteiger partial charge in [-0.2, -0.15) is 0 Å². The molecule has 2 aliphatic carbocycles. The third-order valence-electron chi connectivity index (χ3n) is 6.45. The minimum atomic E-state index is -0.452. The standard InChI is InChI=1S/C23H29ClFN3O3/c1-2-30-17-11-18(12-17)31-14-22(29)26-9-8-23(6-3-7-23)28-13-21(27-15-28)16-4-5-19(24)20(25)10-16/h4-5,10,13,15,17-18H,2-3,6-9,11-12,14H2,1H3,(H,26,29). The fraction of sp³-hybridized carbons (Fsp3) is 0.565. The Labute approximate surface area is 187 Å². The van der Waals surface area contributed by atoms with Gasteiger partial charge in [0.1, 0.15) is 12.4 Å². The van der Waals surface area contributed by atoms with Crippen LogP contribution in [0.2, 0.25) is 5.02 Å². The Bertz CT molecular complexity index is 909. The van der Waals surface area contributed by atoms with Crippen molar-refractivity contribution in [1.29, 1.82) is 0 Å². The van der Waals surface area contributed by atoms with Gasteiger partial charge < -0.3 is 19.4 Å². The largest absolute Gasteiger partial charge is 0.378 e. The molecule has 1 amide bonds. The topological polar surface area (TPSA) is 65.4 Å². The van der Waals surface area contributed by atoms with E-state index in [1.807, 2.05) is 13.1 Å². The van der Waals surface area contributed by atoms with Crippen LogP contribution in [-0.2, 0) is 19.8 Å². The summed E-state index contributed by atoms with van der Waals surface area (Å²) >= 11 is 5.78. The number of imidazole rings is 1. The first kappa shape index (κ1) is 22.2. The third kappa shape index (κ3) is 5.10. The minimum Gasteiger partial charge on any atom is -0.378 e. The average molecular weight is 450 g/mol. The van der Waals surface area contributed by atoms with Crippen LogP contribution in [0.5, 0.6) is 0 Å². The van der Waals surface area contributed by atoms with E-state index in [4.69, 9.17) is 21.1 Å². The lowest BCUT2D eigenvalue weighted by molar-refractivity contribution is -0.137. The Kier molecular flexibility index (Phi) is 6.94. The summed E-state index contributed by atoms with van der Waals surface area (Å²) in [7, 11) is 0. The molecule has 0 radical (unpaired) electrons. The van der Waals surface area contributed by atoms with Crippen LogP contribution in [0, 0.1) is 5.82 Å². The molecule has 1 aromatic carbocycles. The van der Waals surface area contributed by atoms with E-state index in [1.54, 1.807) is 18.5 Å². The number of carbonyl (C=O) groups excluding carboxylic acids is 1. The van der Waals surface area contributed by atoms with Gasteiger partial charge in [0.15, 0.2) is 0 Å². The highest BCUT2D eigenvalue weighted by Gasteiger charge is 2.38. The molecule has 2 fully saturated rings. The number of hydrogen-bond acceptors (Lipinski definition) is 4. The smallest absolute Gasteiger partial charge is 0.246 e. The van der Waals surface area contributed by atoms with Crippen molar-refractivity contribution in [3.63, 3.8) is 0 Å². The van der Waals surface area contributed by atoms with E-state index < -0.39 is 5.82 Å². The van der Waals surface area contributed by atoms with E-state index in [2.05, 4.69) is 14.9 Å². The van der Waals surface area contributed by atoms with Crippen LogP contribution in [0.15, 0.2) is 30.7 Å². The molecule has 2 saturated carbocycles. The molecule has 0 spiro atoms. The quantitative estimate of drug-likeness (QED) is 0.587. The zero-order valence-electron chi connectivity index (χ0n) is 17.8. The number of carbonyl (C=O) groups is 1. The Morgan fingerprint density at radius 2 is 2.10 bits per heavy atom. The molecule has 0 saturated heterocycles. The number of ether oxygens (including phenoxy) is 2. The molecule has 1 heterocycles. The highest BCUT2D eigenvalue weighted by Crippen LogP contribution is 2.42. The van der Waals surface area contributed by atoms with Crippen molar-refractivity contribution in [3.8, 4) is 11.3 Å². The Balaban J connectivity index is 1.26. The van der Waals surface area contributed by atoms with Crippen LogP contribution in [0.4, 0.5) is 4.39 Å². The third-order valence-corrected chi connectivity index (χ3v) is 6.75. The molecule has 8 heteroatoms. The molecule has 0 unspecified atom stereocenters. The molecule has 31 heavy (non-hydrogen) atoms. The van der Waals surface area contributed by atoms with E-state index in [0.29, 0.717) is 24.4 Å². The second kappa shape index (κ2) is 9.67. The molecule has 168 valence electrons. The first-order valence-electron chi connectivity index (χ1n) is 11.0. The number of aromatic nitrogens is 2. The van der Waals surface area contributed by atoms with E-state index >= 15 is 0 Å². The van der Waals surface area contributed by atoms with Crippen LogP contribution in [-0.4, -0.2) is 47.4 Å². The lowest BCUT2D eigenvalue weighted by atomic mass is 9.74. The van der Waals surface area contributed by atoms with Crippen molar-refractivity contribution in [2.75, 3.05) is 19.8 Å². The fourth-order valence-electron chi connectivity index (χ4n) is 4.31. The van der Waals surface area contributed by atoms with E-state index in [-0.39, 0.29) is 35.3 Å². The molecular formula is C23H29ClFN3O3. The Hall–Kier alpha value is -1.96. The normalized spacial score (nSPS) is 21.9. The maximum absolute atomic E-state index is 13.8. The van der Waals surface area contributed by atoms with Crippen LogP contribution in [0.25, 0.3) is 11.3 Å². The Morgan fingerprint density at radius 1 is 1.32 bits per heavy atom. The molecule has 1 N–H and O–H groups in total. The summed E-state index contributed by atoms with van der Waals surface area (Å²) in [5.41, 5.74) is 1.36. The van der Waals surface area contributed by atoms with Crippen LogP contribution in [0.3, 0.4) is 0 Å². The molecule has 6 nitrogen and oxygen atoms in total. The monoisotopic (exact) mass is 449 g/mol. The summed E-state index contributed by atoms with van der Waals surface area (Å²) in [6.07, 6.45) is 9.92. The number of nitrogens with one attached hydrogen (secondary N) is 1. The van der Waals surface area contributed by atoms with Gasteiger partial charge >= 0.3 is 0 Å². The summed E-state index contributed by atoms with van der Waals surface area (Å²) < 4.78 is 27.1. The molecular weight excluding hydrogens is 421 g/mol. The van der Waals surface area contributed by atoms with Crippen molar-refractivity contribution in [1.82, 2.24) is 14.9 Å². The summed E-state index contributed by atoms with van der Waals surface area (Å²) in [5, 5.41) is 3.08. The van der Waals surface area contributed by atoms with E-state index in [1.165, 1.54) is 6.07 Å². The number of hydrogen-bond donors (Lipinski definition) is 1. The van der Waals surface area contributed by atoms with Crippen LogP contribution < -0.4 is 5.32 Å². The predicted octanol–water partition coefficient (Wildman–Crippen LogP) is 4.31. The molecule has 4 rings (SSSR count). The maximum Gasteiger partial charge on any atom is 0.246 e. The number of rotatable bonds is 10. The number of nitrogens with zero attached hydrogens (tertiary/aromatic N) is 2. The molecule has 0 atom stereocenters. The van der Waals surface area contributed by atoms with Gasteiger partial charge in [0.05, 0.1) is 29.3 Å². The van der Waals surface area contributed by atoms with Crippen molar-refractivity contribution in [2.45, 2.75) is 63.2 Å². The van der Waals surface area contributed by atoms with Gasteiger partial charge in [-0.25, -0.2) is 9.37 Å². The highest BCUT2D eigenvalue weighted by molar-refractivity contribution is 6.30. The number of amides is 1. The van der Waals surface area contributed by atoms with Gasteiger partial charge in [-0.05, 0) is 57.6 Å². The van der Waals surface area contributed by atoms with E-state index in [0.717, 1.165) is 38.5 Å². The van der Waals surface area contributed by atoms with Gasteiger partial charge in [-0.15, -0.1) is 0 Å². The van der Waals surface area contributed by atoms with Crippen LogP contribution in [0.1, 0.15) is 45.4 Å². The van der Waals surface area contributed by atoms with Crippen molar-refractivity contribution >= 4 is 17.5 Å².